The second-order valence-electron chi connectivity index (χ2n) is 3.03. The Kier molecular flexibility index (Phi) is 3.02. The molecule has 0 aliphatic rings. The monoisotopic (exact) mass is 218 g/mol. The lowest BCUT2D eigenvalue weighted by atomic mass is 10.1. The van der Waals surface area contributed by atoms with Gasteiger partial charge in [-0.25, -0.2) is 0 Å². The smallest absolute Gasteiger partial charge is 0.455 e. The number of alkyl halides is 3. The number of benzene rings is 1. The highest BCUT2D eigenvalue weighted by Gasteiger charge is 2.40. The van der Waals surface area contributed by atoms with E-state index in [-0.39, 0.29) is 5.75 Å². The molecule has 0 fully saturated rings. The molecule has 15 heavy (non-hydrogen) atoms. The molecule has 1 rings (SSSR count). The van der Waals surface area contributed by atoms with Crippen molar-refractivity contribution in [3.05, 3.63) is 29.3 Å². The SMILES string of the molecule is COc1ccc(C)cc1C(=O)C(F)(F)F. The fourth-order valence-electron chi connectivity index (χ4n) is 1.15. The maximum atomic E-state index is 12.2. The molecule has 0 amide bonds. The first-order valence-corrected chi connectivity index (χ1v) is 4.12. The highest BCUT2D eigenvalue weighted by molar-refractivity contribution is 6.02. The molecule has 0 saturated carbocycles. The maximum absolute atomic E-state index is 12.2. The fraction of sp³-hybridized carbons (Fsp3) is 0.300. The molecule has 0 bridgehead atoms. The van der Waals surface area contributed by atoms with Crippen molar-refractivity contribution < 1.29 is 22.7 Å². The summed E-state index contributed by atoms with van der Waals surface area (Å²) in [5, 5.41) is 0. The molecule has 1 aromatic rings. The van der Waals surface area contributed by atoms with Crippen molar-refractivity contribution in [2.75, 3.05) is 7.11 Å². The van der Waals surface area contributed by atoms with Gasteiger partial charge in [0.1, 0.15) is 5.75 Å². The number of rotatable bonds is 2. The quantitative estimate of drug-likeness (QED) is 0.713. The van der Waals surface area contributed by atoms with Crippen molar-refractivity contribution in [3.63, 3.8) is 0 Å². The summed E-state index contributed by atoms with van der Waals surface area (Å²) in [4.78, 5) is 11.0. The van der Waals surface area contributed by atoms with Crippen LogP contribution >= 0.6 is 0 Å². The molecule has 0 aliphatic heterocycles. The number of carbonyl (C=O) groups is 1. The molecule has 0 radical (unpaired) electrons. The van der Waals surface area contributed by atoms with E-state index in [4.69, 9.17) is 4.74 Å². The molecule has 82 valence electrons. The lowest BCUT2D eigenvalue weighted by Gasteiger charge is -2.10. The van der Waals surface area contributed by atoms with Gasteiger partial charge in [-0.05, 0) is 19.1 Å². The van der Waals surface area contributed by atoms with Crippen LogP contribution in [-0.4, -0.2) is 19.1 Å². The van der Waals surface area contributed by atoms with Crippen LogP contribution in [-0.2, 0) is 0 Å². The van der Waals surface area contributed by atoms with Crippen molar-refractivity contribution in [1.82, 2.24) is 0 Å². The number of halogens is 3. The van der Waals surface area contributed by atoms with Crippen molar-refractivity contribution >= 4 is 5.78 Å². The van der Waals surface area contributed by atoms with Gasteiger partial charge in [-0.1, -0.05) is 11.6 Å². The highest BCUT2D eigenvalue weighted by atomic mass is 19.4. The summed E-state index contributed by atoms with van der Waals surface area (Å²) in [6.07, 6.45) is -4.87. The van der Waals surface area contributed by atoms with Gasteiger partial charge < -0.3 is 4.74 Å². The van der Waals surface area contributed by atoms with E-state index in [0.29, 0.717) is 5.56 Å². The summed E-state index contributed by atoms with van der Waals surface area (Å²) < 4.78 is 41.2. The topological polar surface area (TPSA) is 26.3 Å². The van der Waals surface area contributed by atoms with E-state index in [1.54, 1.807) is 13.0 Å². The van der Waals surface area contributed by atoms with Crippen LogP contribution in [0.25, 0.3) is 0 Å². The second-order valence-corrected chi connectivity index (χ2v) is 3.03. The van der Waals surface area contributed by atoms with E-state index >= 15 is 0 Å². The molecule has 0 unspecified atom stereocenters. The minimum atomic E-state index is -4.87. The van der Waals surface area contributed by atoms with Gasteiger partial charge in [0, 0.05) is 0 Å². The molecule has 1 aromatic carbocycles. The van der Waals surface area contributed by atoms with Gasteiger partial charge >= 0.3 is 6.18 Å². The number of ketones is 1. The zero-order valence-electron chi connectivity index (χ0n) is 8.18. The van der Waals surface area contributed by atoms with E-state index in [0.717, 1.165) is 6.07 Å². The third kappa shape index (κ3) is 2.49. The molecule has 5 heteroatoms. The number of aryl methyl sites for hydroxylation is 1. The number of Topliss-reactive ketones (excluding diaryl/α,β-unsaturated/α-hetero) is 1. The largest absolute Gasteiger partial charge is 0.496 e. The van der Waals surface area contributed by atoms with Gasteiger partial charge in [0.15, 0.2) is 0 Å². The summed E-state index contributed by atoms with van der Waals surface area (Å²) in [6.45, 7) is 1.60. The molecule has 0 aromatic heterocycles. The minimum absolute atomic E-state index is 0.0667. The average molecular weight is 218 g/mol. The van der Waals surface area contributed by atoms with Crippen molar-refractivity contribution in [2.45, 2.75) is 13.1 Å². The lowest BCUT2D eigenvalue weighted by molar-refractivity contribution is -0.0886. The van der Waals surface area contributed by atoms with Crippen LogP contribution in [0.15, 0.2) is 18.2 Å². The Morgan fingerprint density at radius 2 is 1.93 bits per heavy atom. The van der Waals surface area contributed by atoms with E-state index in [2.05, 4.69) is 0 Å². The van der Waals surface area contributed by atoms with Gasteiger partial charge in [-0.3, -0.25) is 4.79 Å². The second kappa shape index (κ2) is 3.92. The molecule has 0 heterocycles. The Morgan fingerprint density at radius 3 is 2.40 bits per heavy atom. The van der Waals surface area contributed by atoms with Crippen LogP contribution in [0.4, 0.5) is 13.2 Å². The fourth-order valence-corrected chi connectivity index (χ4v) is 1.15. The highest BCUT2D eigenvalue weighted by Crippen LogP contribution is 2.28. The summed E-state index contributed by atoms with van der Waals surface area (Å²) in [6, 6.07) is 4.08. The number of carbonyl (C=O) groups excluding carboxylic acids is 1. The maximum Gasteiger partial charge on any atom is 0.455 e. The predicted molar refractivity (Wildman–Crippen MR) is 48.1 cm³/mol. The minimum Gasteiger partial charge on any atom is -0.496 e. The molecular formula is C10H9F3O2. The van der Waals surface area contributed by atoms with Gasteiger partial charge in [0.2, 0.25) is 0 Å². The molecular weight excluding hydrogens is 209 g/mol. The number of hydrogen-bond donors (Lipinski definition) is 0. The summed E-state index contributed by atoms with van der Waals surface area (Å²) in [7, 11) is 1.22. The first kappa shape index (κ1) is 11.6. The molecule has 0 saturated heterocycles. The molecule has 2 nitrogen and oxygen atoms in total. The Labute approximate surface area is 84.7 Å². The predicted octanol–water partition coefficient (Wildman–Crippen LogP) is 2.75. The molecule has 0 atom stereocenters. The Morgan fingerprint density at radius 1 is 1.33 bits per heavy atom. The average Bonchev–Trinajstić information content (AvgIpc) is 2.15. The van der Waals surface area contributed by atoms with Crippen LogP contribution < -0.4 is 4.74 Å². The Bertz CT molecular complexity index is 383. The van der Waals surface area contributed by atoms with Crippen LogP contribution in [0, 0.1) is 6.92 Å². The summed E-state index contributed by atoms with van der Waals surface area (Å²) in [5.41, 5.74) is 0.119. The van der Waals surface area contributed by atoms with Crippen molar-refractivity contribution in [1.29, 1.82) is 0 Å². The number of ether oxygens (including phenoxy) is 1. The third-order valence-electron chi connectivity index (χ3n) is 1.86. The first-order valence-electron chi connectivity index (χ1n) is 4.12. The third-order valence-corrected chi connectivity index (χ3v) is 1.86. The van der Waals surface area contributed by atoms with E-state index in [1.165, 1.54) is 13.2 Å². The summed E-state index contributed by atoms with van der Waals surface area (Å²) >= 11 is 0. The van der Waals surface area contributed by atoms with Crippen LogP contribution in [0.1, 0.15) is 15.9 Å². The Hall–Kier alpha value is -1.52. The van der Waals surface area contributed by atoms with Crippen LogP contribution in [0.3, 0.4) is 0 Å². The van der Waals surface area contributed by atoms with Crippen molar-refractivity contribution in [3.8, 4) is 5.75 Å². The Balaban J connectivity index is 3.23. The van der Waals surface area contributed by atoms with Gasteiger partial charge in [0.05, 0.1) is 12.7 Å². The summed E-state index contributed by atoms with van der Waals surface area (Å²) in [5.74, 6) is -1.95. The van der Waals surface area contributed by atoms with E-state index in [9.17, 15) is 18.0 Å². The van der Waals surface area contributed by atoms with Crippen molar-refractivity contribution in [2.24, 2.45) is 0 Å². The van der Waals surface area contributed by atoms with E-state index in [1.807, 2.05) is 0 Å². The first-order chi connectivity index (χ1) is 6.86. The van der Waals surface area contributed by atoms with Gasteiger partial charge in [-0.15, -0.1) is 0 Å². The molecule has 0 spiro atoms. The molecule has 0 aliphatic carbocycles. The van der Waals surface area contributed by atoms with Gasteiger partial charge in [0.25, 0.3) is 5.78 Å². The zero-order valence-corrected chi connectivity index (χ0v) is 8.18. The van der Waals surface area contributed by atoms with E-state index < -0.39 is 17.5 Å². The van der Waals surface area contributed by atoms with Crippen LogP contribution in [0.5, 0.6) is 5.75 Å². The van der Waals surface area contributed by atoms with Gasteiger partial charge in [-0.2, -0.15) is 13.2 Å². The normalized spacial score (nSPS) is 11.3. The molecule has 0 N–H and O–H groups in total. The number of methoxy groups -OCH3 is 1. The van der Waals surface area contributed by atoms with Crippen LogP contribution in [0.2, 0.25) is 0 Å². The standard InChI is InChI=1S/C10H9F3O2/c1-6-3-4-8(15-2)7(5-6)9(14)10(11,12)13/h3-5H,1-2H3. The zero-order chi connectivity index (χ0) is 11.6. The number of hydrogen-bond acceptors (Lipinski definition) is 2. The lowest BCUT2D eigenvalue weighted by Crippen LogP contribution is -2.23.